The molecule has 2 aromatic rings. The van der Waals surface area contributed by atoms with Crippen molar-refractivity contribution < 1.29 is 14.7 Å². The van der Waals surface area contributed by atoms with Gasteiger partial charge in [0.15, 0.2) is 0 Å². The molecule has 0 aromatic heterocycles. The SMILES string of the molecule is O=C1NC(Cc2ccccc2)(Cc2ccc(O)cc2)C(=O)S1. The van der Waals surface area contributed by atoms with E-state index in [2.05, 4.69) is 5.32 Å². The quantitative estimate of drug-likeness (QED) is 0.911. The Bertz CT molecular complexity index is 700. The highest BCUT2D eigenvalue weighted by Crippen LogP contribution is 2.32. The van der Waals surface area contributed by atoms with Crippen LogP contribution in [0.2, 0.25) is 0 Å². The van der Waals surface area contributed by atoms with Gasteiger partial charge in [0.2, 0.25) is 5.12 Å². The van der Waals surface area contributed by atoms with Crippen LogP contribution in [-0.2, 0) is 17.6 Å². The number of amides is 1. The van der Waals surface area contributed by atoms with Gasteiger partial charge in [-0.25, -0.2) is 0 Å². The molecule has 4 nitrogen and oxygen atoms in total. The topological polar surface area (TPSA) is 66.4 Å². The van der Waals surface area contributed by atoms with Crippen LogP contribution in [0.4, 0.5) is 4.79 Å². The Hall–Kier alpha value is -2.27. The molecule has 5 heteroatoms. The zero-order valence-electron chi connectivity index (χ0n) is 11.8. The van der Waals surface area contributed by atoms with Crippen molar-refractivity contribution in [1.29, 1.82) is 0 Å². The Labute approximate surface area is 132 Å². The monoisotopic (exact) mass is 313 g/mol. The fourth-order valence-electron chi connectivity index (χ4n) is 2.66. The first-order valence-corrected chi connectivity index (χ1v) is 7.75. The van der Waals surface area contributed by atoms with Crippen molar-refractivity contribution in [2.75, 3.05) is 0 Å². The number of phenols is 1. The van der Waals surface area contributed by atoms with Crippen LogP contribution in [0.15, 0.2) is 54.6 Å². The molecular weight excluding hydrogens is 298 g/mol. The fraction of sp³-hybridized carbons (Fsp3) is 0.176. The summed E-state index contributed by atoms with van der Waals surface area (Å²) in [4.78, 5) is 24.1. The Kier molecular flexibility index (Phi) is 3.90. The number of benzene rings is 2. The molecule has 2 N–H and O–H groups in total. The molecule has 0 bridgehead atoms. The molecule has 1 aliphatic heterocycles. The molecule has 0 radical (unpaired) electrons. The summed E-state index contributed by atoms with van der Waals surface area (Å²) < 4.78 is 0. The van der Waals surface area contributed by atoms with E-state index in [1.54, 1.807) is 24.3 Å². The number of carbonyl (C=O) groups is 2. The smallest absolute Gasteiger partial charge is 0.287 e. The highest BCUT2D eigenvalue weighted by molar-refractivity contribution is 8.26. The first kappa shape index (κ1) is 14.7. The lowest BCUT2D eigenvalue weighted by Crippen LogP contribution is -2.50. The summed E-state index contributed by atoms with van der Waals surface area (Å²) in [6.45, 7) is 0. The number of nitrogens with one attached hydrogen (secondary N) is 1. The van der Waals surface area contributed by atoms with Crippen molar-refractivity contribution in [3.05, 3.63) is 65.7 Å². The van der Waals surface area contributed by atoms with Crippen molar-refractivity contribution in [3.63, 3.8) is 0 Å². The van der Waals surface area contributed by atoms with Gasteiger partial charge in [-0.15, -0.1) is 0 Å². The van der Waals surface area contributed by atoms with E-state index < -0.39 is 5.54 Å². The van der Waals surface area contributed by atoms with E-state index in [0.29, 0.717) is 12.8 Å². The molecule has 1 heterocycles. The molecule has 3 rings (SSSR count). The standard InChI is InChI=1S/C17H15NO3S/c19-14-8-6-13(7-9-14)11-17(15(20)22-16(21)18-17)10-12-4-2-1-3-5-12/h1-9,19H,10-11H2,(H,18,21). The first-order chi connectivity index (χ1) is 10.6. The van der Waals surface area contributed by atoms with Crippen LogP contribution in [0.1, 0.15) is 11.1 Å². The van der Waals surface area contributed by atoms with Gasteiger partial charge in [-0.05, 0) is 23.3 Å². The van der Waals surface area contributed by atoms with Crippen molar-refractivity contribution in [1.82, 2.24) is 5.32 Å². The van der Waals surface area contributed by atoms with Gasteiger partial charge in [0.25, 0.3) is 5.24 Å². The van der Waals surface area contributed by atoms with Crippen LogP contribution in [0.5, 0.6) is 5.75 Å². The van der Waals surface area contributed by atoms with Crippen LogP contribution in [-0.4, -0.2) is 21.0 Å². The van der Waals surface area contributed by atoms with Crippen molar-refractivity contribution in [3.8, 4) is 5.75 Å². The summed E-state index contributed by atoms with van der Waals surface area (Å²) in [6.07, 6.45) is 0.853. The van der Waals surface area contributed by atoms with E-state index >= 15 is 0 Å². The van der Waals surface area contributed by atoms with E-state index in [0.717, 1.165) is 22.9 Å². The molecule has 0 spiro atoms. The number of aromatic hydroxyl groups is 1. The summed E-state index contributed by atoms with van der Waals surface area (Å²) in [5.74, 6) is 0.178. The van der Waals surface area contributed by atoms with E-state index in [9.17, 15) is 14.7 Å². The van der Waals surface area contributed by atoms with Gasteiger partial charge >= 0.3 is 0 Å². The number of hydrogen-bond acceptors (Lipinski definition) is 4. The molecule has 1 unspecified atom stereocenters. The van der Waals surface area contributed by atoms with Gasteiger partial charge in [0.05, 0.1) is 0 Å². The van der Waals surface area contributed by atoms with Gasteiger partial charge in [0.1, 0.15) is 11.3 Å². The second kappa shape index (κ2) is 5.85. The third-order valence-electron chi connectivity index (χ3n) is 3.71. The zero-order valence-corrected chi connectivity index (χ0v) is 12.6. The highest BCUT2D eigenvalue weighted by Gasteiger charge is 2.46. The summed E-state index contributed by atoms with van der Waals surface area (Å²) in [5, 5.41) is 11.7. The predicted molar refractivity (Wildman–Crippen MR) is 85.8 cm³/mol. The van der Waals surface area contributed by atoms with Gasteiger partial charge in [-0.3, -0.25) is 9.59 Å². The maximum Gasteiger partial charge on any atom is 0.287 e. The van der Waals surface area contributed by atoms with E-state index in [1.165, 1.54) is 0 Å². The summed E-state index contributed by atoms with van der Waals surface area (Å²) in [7, 11) is 0. The minimum atomic E-state index is -0.930. The lowest BCUT2D eigenvalue weighted by atomic mass is 9.86. The number of carbonyl (C=O) groups excluding carboxylic acids is 2. The van der Waals surface area contributed by atoms with Crippen LogP contribution in [0, 0.1) is 0 Å². The average Bonchev–Trinajstić information content (AvgIpc) is 2.76. The minimum absolute atomic E-state index is 0.158. The third-order valence-corrected chi connectivity index (χ3v) is 4.57. The molecule has 22 heavy (non-hydrogen) atoms. The maximum absolute atomic E-state index is 12.4. The van der Waals surface area contributed by atoms with Gasteiger partial charge in [-0.1, -0.05) is 42.5 Å². The zero-order chi connectivity index (χ0) is 15.6. The summed E-state index contributed by atoms with van der Waals surface area (Å²) in [5.41, 5.74) is 0.961. The molecule has 112 valence electrons. The Morgan fingerprint density at radius 1 is 0.909 bits per heavy atom. The molecule has 1 saturated heterocycles. The molecule has 0 aliphatic carbocycles. The van der Waals surface area contributed by atoms with Crippen molar-refractivity contribution >= 4 is 22.1 Å². The average molecular weight is 313 g/mol. The summed E-state index contributed by atoms with van der Waals surface area (Å²) in [6, 6.07) is 16.3. The van der Waals surface area contributed by atoms with Crippen LogP contribution >= 0.6 is 11.8 Å². The lowest BCUT2D eigenvalue weighted by molar-refractivity contribution is -0.115. The largest absolute Gasteiger partial charge is 0.508 e. The third kappa shape index (κ3) is 2.99. The van der Waals surface area contributed by atoms with Gasteiger partial charge in [-0.2, -0.15) is 0 Å². The predicted octanol–water partition coefficient (Wildman–Crippen LogP) is 2.90. The number of thioether (sulfide) groups is 1. The normalized spacial score (nSPS) is 20.9. The molecule has 1 amide bonds. The van der Waals surface area contributed by atoms with Crippen LogP contribution in [0.3, 0.4) is 0 Å². The van der Waals surface area contributed by atoms with E-state index in [4.69, 9.17) is 0 Å². The summed E-state index contributed by atoms with van der Waals surface area (Å²) >= 11 is 0.731. The van der Waals surface area contributed by atoms with E-state index in [-0.39, 0.29) is 16.1 Å². The highest BCUT2D eigenvalue weighted by atomic mass is 32.2. The van der Waals surface area contributed by atoms with Crippen LogP contribution < -0.4 is 5.32 Å². The Morgan fingerprint density at radius 2 is 1.50 bits per heavy atom. The molecule has 0 saturated carbocycles. The molecule has 1 aliphatic rings. The minimum Gasteiger partial charge on any atom is -0.508 e. The molecule has 1 fully saturated rings. The van der Waals surface area contributed by atoms with Crippen molar-refractivity contribution in [2.45, 2.75) is 18.4 Å². The fourth-order valence-corrected chi connectivity index (χ4v) is 3.46. The number of hydrogen-bond donors (Lipinski definition) is 2. The Balaban J connectivity index is 1.91. The van der Waals surface area contributed by atoms with Gasteiger partial charge in [0, 0.05) is 24.6 Å². The molecule has 2 aromatic carbocycles. The van der Waals surface area contributed by atoms with Gasteiger partial charge < -0.3 is 10.4 Å². The Morgan fingerprint density at radius 3 is 2.05 bits per heavy atom. The molecular formula is C17H15NO3S. The lowest BCUT2D eigenvalue weighted by Gasteiger charge is -2.27. The van der Waals surface area contributed by atoms with E-state index in [1.807, 2.05) is 30.3 Å². The second-order valence-electron chi connectivity index (χ2n) is 5.39. The first-order valence-electron chi connectivity index (χ1n) is 6.94. The second-order valence-corrected chi connectivity index (χ2v) is 6.34. The van der Waals surface area contributed by atoms with Crippen molar-refractivity contribution in [2.24, 2.45) is 0 Å². The molecule has 1 atom stereocenters. The number of phenolic OH excluding ortho intramolecular Hbond substituents is 1. The van der Waals surface area contributed by atoms with Crippen LogP contribution in [0.25, 0.3) is 0 Å². The maximum atomic E-state index is 12.4. The number of rotatable bonds is 4.